The Labute approximate surface area is 135 Å². The summed E-state index contributed by atoms with van der Waals surface area (Å²) in [7, 11) is 0. The molecule has 0 aromatic heterocycles. The fraction of sp³-hybridized carbons (Fsp3) is 0.150. The number of anilines is 1. The number of nitrogens with one attached hydrogen (secondary N) is 1. The summed E-state index contributed by atoms with van der Waals surface area (Å²) in [5.41, 5.74) is 3.10. The van der Waals surface area contributed by atoms with Gasteiger partial charge in [-0.05, 0) is 31.0 Å². The summed E-state index contributed by atoms with van der Waals surface area (Å²) in [6.45, 7) is 2.05. The van der Waals surface area contributed by atoms with E-state index in [0.717, 1.165) is 22.0 Å². The predicted octanol–water partition coefficient (Wildman–Crippen LogP) is 4.43. The van der Waals surface area contributed by atoms with Crippen LogP contribution < -0.4 is 5.32 Å². The molecule has 116 valence electrons. The van der Waals surface area contributed by atoms with Crippen LogP contribution in [0.2, 0.25) is 0 Å². The Kier molecular flexibility index (Phi) is 4.29. The fourth-order valence-corrected chi connectivity index (χ4v) is 2.63. The molecule has 2 N–H and O–H groups in total. The predicted molar refractivity (Wildman–Crippen MR) is 93.7 cm³/mol. The van der Waals surface area contributed by atoms with E-state index in [2.05, 4.69) is 29.6 Å². The molecule has 1 amide bonds. The first-order valence-corrected chi connectivity index (χ1v) is 7.69. The highest BCUT2D eigenvalue weighted by molar-refractivity contribution is 6.03. The molecule has 0 saturated carbocycles. The zero-order valence-electron chi connectivity index (χ0n) is 13.0. The molecule has 23 heavy (non-hydrogen) atoms. The van der Waals surface area contributed by atoms with Crippen molar-refractivity contribution in [2.24, 2.45) is 0 Å². The maximum atomic E-state index is 12.2. The third-order valence-corrected chi connectivity index (χ3v) is 3.93. The van der Waals surface area contributed by atoms with Gasteiger partial charge in [-0.15, -0.1) is 0 Å². The lowest BCUT2D eigenvalue weighted by Gasteiger charge is -2.10. The fourth-order valence-electron chi connectivity index (χ4n) is 2.63. The SMILES string of the molecule is Cc1ccc(CCC(=O)Nc2cccc3c(O)cccc23)cc1. The van der Waals surface area contributed by atoms with E-state index >= 15 is 0 Å². The summed E-state index contributed by atoms with van der Waals surface area (Å²) in [5, 5.41) is 14.4. The highest BCUT2D eigenvalue weighted by Gasteiger charge is 2.08. The second-order valence-electron chi connectivity index (χ2n) is 5.71. The van der Waals surface area contributed by atoms with Crippen LogP contribution in [0.5, 0.6) is 5.75 Å². The number of hydrogen-bond donors (Lipinski definition) is 2. The van der Waals surface area contributed by atoms with Gasteiger partial charge in [-0.2, -0.15) is 0 Å². The van der Waals surface area contributed by atoms with Crippen LogP contribution in [0.25, 0.3) is 10.8 Å². The van der Waals surface area contributed by atoms with Crippen LogP contribution in [-0.2, 0) is 11.2 Å². The number of amides is 1. The van der Waals surface area contributed by atoms with Crippen molar-refractivity contribution in [3.8, 4) is 5.75 Å². The van der Waals surface area contributed by atoms with Crippen molar-refractivity contribution in [3.05, 3.63) is 71.8 Å². The molecule has 0 fully saturated rings. The van der Waals surface area contributed by atoms with Gasteiger partial charge in [-0.25, -0.2) is 0 Å². The molecular weight excluding hydrogens is 286 g/mol. The van der Waals surface area contributed by atoms with Crippen LogP contribution in [0.15, 0.2) is 60.7 Å². The third kappa shape index (κ3) is 3.51. The van der Waals surface area contributed by atoms with Gasteiger partial charge in [-0.1, -0.05) is 54.1 Å². The van der Waals surface area contributed by atoms with Crippen molar-refractivity contribution in [1.29, 1.82) is 0 Å². The number of hydrogen-bond acceptors (Lipinski definition) is 2. The molecular formula is C20H19NO2. The van der Waals surface area contributed by atoms with Crippen molar-refractivity contribution >= 4 is 22.4 Å². The minimum Gasteiger partial charge on any atom is -0.507 e. The first-order chi connectivity index (χ1) is 11.1. The van der Waals surface area contributed by atoms with E-state index < -0.39 is 0 Å². The first-order valence-electron chi connectivity index (χ1n) is 7.69. The quantitative estimate of drug-likeness (QED) is 0.749. The topological polar surface area (TPSA) is 49.3 Å². The van der Waals surface area contributed by atoms with Gasteiger partial charge in [-0.3, -0.25) is 4.79 Å². The molecule has 0 spiro atoms. The maximum Gasteiger partial charge on any atom is 0.224 e. The highest BCUT2D eigenvalue weighted by Crippen LogP contribution is 2.29. The van der Waals surface area contributed by atoms with Crippen LogP contribution in [-0.4, -0.2) is 11.0 Å². The number of aryl methyl sites for hydroxylation is 2. The number of rotatable bonds is 4. The number of carbonyl (C=O) groups is 1. The summed E-state index contributed by atoms with van der Waals surface area (Å²) in [4.78, 5) is 12.2. The second kappa shape index (κ2) is 6.53. The molecule has 0 bridgehead atoms. The minimum atomic E-state index is -0.0265. The lowest BCUT2D eigenvalue weighted by atomic mass is 10.1. The average Bonchev–Trinajstić information content (AvgIpc) is 2.55. The summed E-state index contributed by atoms with van der Waals surface area (Å²) in [6, 6.07) is 19.1. The van der Waals surface area contributed by atoms with Gasteiger partial charge in [0.1, 0.15) is 5.75 Å². The smallest absolute Gasteiger partial charge is 0.224 e. The van der Waals surface area contributed by atoms with E-state index in [0.29, 0.717) is 12.8 Å². The van der Waals surface area contributed by atoms with E-state index in [1.165, 1.54) is 5.56 Å². The lowest BCUT2D eigenvalue weighted by molar-refractivity contribution is -0.116. The van der Waals surface area contributed by atoms with Gasteiger partial charge in [0, 0.05) is 22.9 Å². The Morgan fingerprint density at radius 1 is 0.957 bits per heavy atom. The Morgan fingerprint density at radius 3 is 2.43 bits per heavy atom. The average molecular weight is 305 g/mol. The molecule has 0 saturated heterocycles. The van der Waals surface area contributed by atoms with Crippen LogP contribution in [0, 0.1) is 6.92 Å². The number of phenolic OH excluding ortho intramolecular Hbond substituents is 1. The van der Waals surface area contributed by atoms with Gasteiger partial charge in [0.2, 0.25) is 5.91 Å². The van der Waals surface area contributed by atoms with Gasteiger partial charge in [0.05, 0.1) is 0 Å². The van der Waals surface area contributed by atoms with Crippen molar-refractivity contribution < 1.29 is 9.90 Å². The molecule has 0 aliphatic heterocycles. The third-order valence-electron chi connectivity index (χ3n) is 3.93. The summed E-state index contributed by atoms with van der Waals surface area (Å²) < 4.78 is 0. The molecule has 3 heteroatoms. The monoisotopic (exact) mass is 305 g/mol. The normalized spacial score (nSPS) is 10.7. The molecule has 0 radical (unpaired) electrons. The minimum absolute atomic E-state index is 0.0265. The highest BCUT2D eigenvalue weighted by atomic mass is 16.3. The number of phenols is 1. The van der Waals surface area contributed by atoms with E-state index in [-0.39, 0.29) is 11.7 Å². The first kappa shape index (κ1) is 15.1. The van der Waals surface area contributed by atoms with Crippen molar-refractivity contribution in [2.45, 2.75) is 19.8 Å². The molecule has 3 aromatic carbocycles. The summed E-state index contributed by atoms with van der Waals surface area (Å²) >= 11 is 0. The van der Waals surface area contributed by atoms with Crippen LogP contribution in [0.4, 0.5) is 5.69 Å². The Morgan fingerprint density at radius 2 is 1.65 bits per heavy atom. The molecule has 0 atom stereocenters. The Bertz CT molecular complexity index is 838. The lowest BCUT2D eigenvalue weighted by Crippen LogP contribution is -2.12. The van der Waals surface area contributed by atoms with Crippen LogP contribution in [0.1, 0.15) is 17.5 Å². The van der Waals surface area contributed by atoms with E-state index in [1.54, 1.807) is 12.1 Å². The summed E-state index contributed by atoms with van der Waals surface area (Å²) in [5.74, 6) is 0.194. The van der Waals surface area contributed by atoms with Crippen molar-refractivity contribution in [1.82, 2.24) is 0 Å². The Balaban J connectivity index is 1.71. The van der Waals surface area contributed by atoms with Gasteiger partial charge in [0.25, 0.3) is 0 Å². The molecule has 0 unspecified atom stereocenters. The van der Waals surface area contributed by atoms with E-state index in [4.69, 9.17) is 0 Å². The molecule has 3 rings (SSSR count). The maximum absolute atomic E-state index is 12.2. The van der Waals surface area contributed by atoms with Crippen LogP contribution >= 0.6 is 0 Å². The molecule has 0 heterocycles. The number of carbonyl (C=O) groups excluding carboxylic acids is 1. The second-order valence-corrected chi connectivity index (χ2v) is 5.71. The largest absolute Gasteiger partial charge is 0.507 e. The zero-order valence-corrected chi connectivity index (χ0v) is 13.0. The zero-order chi connectivity index (χ0) is 16.2. The molecule has 3 aromatic rings. The van der Waals surface area contributed by atoms with Gasteiger partial charge >= 0.3 is 0 Å². The van der Waals surface area contributed by atoms with Crippen molar-refractivity contribution in [2.75, 3.05) is 5.32 Å². The van der Waals surface area contributed by atoms with Crippen molar-refractivity contribution in [3.63, 3.8) is 0 Å². The molecule has 0 aliphatic rings. The van der Waals surface area contributed by atoms with Gasteiger partial charge < -0.3 is 10.4 Å². The van der Waals surface area contributed by atoms with E-state index in [1.807, 2.05) is 31.2 Å². The summed E-state index contributed by atoms with van der Waals surface area (Å²) in [6.07, 6.45) is 1.14. The number of fused-ring (bicyclic) bond motifs is 1. The van der Waals surface area contributed by atoms with E-state index in [9.17, 15) is 9.90 Å². The standard InChI is InChI=1S/C20H19NO2/c1-14-8-10-15(11-9-14)12-13-20(23)21-18-6-2-5-17-16(18)4-3-7-19(17)22/h2-11,22H,12-13H2,1H3,(H,21,23). The molecule has 0 aliphatic carbocycles. The number of aromatic hydroxyl groups is 1. The number of benzene rings is 3. The molecule has 3 nitrogen and oxygen atoms in total. The van der Waals surface area contributed by atoms with Gasteiger partial charge in [0.15, 0.2) is 0 Å². The van der Waals surface area contributed by atoms with Crippen LogP contribution in [0.3, 0.4) is 0 Å². The Hall–Kier alpha value is -2.81.